The Morgan fingerprint density at radius 2 is 1.71 bits per heavy atom. The summed E-state index contributed by atoms with van der Waals surface area (Å²) < 4.78 is 19.9. The van der Waals surface area contributed by atoms with E-state index in [0.717, 1.165) is 0 Å². The molecule has 0 aliphatic rings. The van der Waals surface area contributed by atoms with Gasteiger partial charge in [0.25, 0.3) is 11.7 Å². The average Bonchev–Trinajstić information content (AvgIpc) is 3.57. The van der Waals surface area contributed by atoms with E-state index in [9.17, 15) is 28.7 Å². The van der Waals surface area contributed by atoms with E-state index >= 15 is 0 Å². The first-order chi connectivity index (χ1) is 19.9. The van der Waals surface area contributed by atoms with Crippen molar-refractivity contribution in [2.75, 3.05) is 13.6 Å². The van der Waals surface area contributed by atoms with Crippen LogP contribution in [-0.2, 0) is 4.79 Å². The van der Waals surface area contributed by atoms with Gasteiger partial charge in [0.15, 0.2) is 5.78 Å². The summed E-state index contributed by atoms with van der Waals surface area (Å²) in [6, 6.07) is 14.0. The smallest absolute Gasteiger partial charge is 0.377 e. The zero-order valence-electron chi connectivity index (χ0n) is 23.3. The third-order valence-electron chi connectivity index (χ3n) is 6.88. The third-order valence-corrected chi connectivity index (χ3v) is 6.88. The number of fused-ring (bicyclic) bond motifs is 3. The molecular weight excluding hydrogens is 541 g/mol. The summed E-state index contributed by atoms with van der Waals surface area (Å²) in [5.41, 5.74) is 2.14. The van der Waals surface area contributed by atoms with Crippen molar-refractivity contribution in [3.05, 3.63) is 83.3 Å². The average molecular weight is 570 g/mol. The summed E-state index contributed by atoms with van der Waals surface area (Å²) in [6.45, 7) is 5.99. The largest absolute Gasteiger partial charge is 0.475 e. The molecule has 0 radical (unpaired) electrons. The number of carbonyl (C=O) groups excluding carboxylic acids is 3. The fourth-order valence-electron chi connectivity index (χ4n) is 4.84. The van der Waals surface area contributed by atoms with Gasteiger partial charge in [0, 0.05) is 40.9 Å². The van der Waals surface area contributed by atoms with E-state index in [1.807, 2.05) is 20.8 Å². The van der Waals surface area contributed by atoms with Crippen molar-refractivity contribution in [2.24, 2.45) is 0 Å². The number of rotatable bonds is 8. The number of aromatic amines is 1. The molecule has 0 unspecified atom stereocenters. The fourth-order valence-corrected chi connectivity index (χ4v) is 4.84. The van der Waals surface area contributed by atoms with Gasteiger partial charge in [-0.2, -0.15) is 0 Å². The van der Waals surface area contributed by atoms with Crippen LogP contribution in [0.4, 0.5) is 4.39 Å². The van der Waals surface area contributed by atoms with Crippen LogP contribution in [0.2, 0.25) is 0 Å². The number of hydrogen-bond acceptors (Lipinski definition) is 6. The van der Waals surface area contributed by atoms with Gasteiger partial charge in [-0.25, -0.2) is 9.18 Å². The Labute approximate surface area is 239 Å². The van der Waals surface area contributed by atoms with E-state index in [4.69, 9.17) is 4.42 Å². The van der Waals surface area contributed by atoms with E-state index in [0.29, 0.717) is 33.2 Å². The highest BCUT2D eigenvalue weighted by atomic mass is 19.1. The Hall–Kier alpha value is -5.09. The van der Waals surface area contributed by atoms with Crippen LogP contribution in [0.25, 0.3) is 44.3 Å². The molecule has 0 aliphatic carbocycles. The van der Waals surface area contributed by atoms with Crippen LogP contribution in [0.3, 0.4) is 0 Å². The van der Waals surface area contributed by atoms with Crippen molar-refractivity contribution in [1.82, 2.24) is 15.6 Å². The zero-order valence-corrected chi connectivity index (χ0v) is 23.3. The van der Waals surface area contributed by atoms with Crippen molar-refractivity contribution >= 4 is 45.3 Å². The molecule has 0 atom stereocenters. The summed E-state index contributed by atoms with van der Waals surface area (Å²) >= 11 is 0. The van der Waals surface area contributed by atoms with E-state index in [1.54, 1.807) is 30.3 Å². The summed E-state index contributed by atoms with van der Waals surface area (Å²) in [5, 5.41) is 15.8. The van der Waals surface area contributed by atoms with Crippen molar-refractivity contribution in [3.8, 4) is 22.5 Å². The Morgan fingerprint density at radius 3 is 2.36 bits per heavy atom. The number of carboxylic acid groups (broad SMARTS) is 1. The number of Topliss-reactive ketones (excluding diaryl/α,β-unsaturated/α-hetero) is 2. The highest BCUT2D eigenvalue weighted by Crippen LogP contribution is 2.43. The summed E-state index contributed by atoms with van der Waals surface area (Å²) in [6.07, 6.45) is 1.28. The SMILES string of the molecule is CNC(=O)c1c(-c2ccc(F)cc2)oc2c1cc(-c1cccc(C(=O)CNC(C)(C)C)c1)c1[nH]cc(C(=O)C(=O)O)c12. The van der Waals surface area contributed by atoms with Crippen LogP contribution in [-0.4, -0.2) is 52.7 Å². The number of nitrogens with one attached hydrogen (secondary N) is 3. The predicted molar refractivity (Wildman–Crippen MR) is 156 cm³/mol. The molecule has 0 saturated heterocycles. The van der Waals surface area contributed by atoms with Crippen LogP contribution in [0, 0.1) is 5.82 Å². The molecule has 42 heavy (non-hydrogen) atoms. The lowest BCUT2D eigenvalue weighted by atomic mass is 9.94. The van der Waals surface area contributed by atoms with Crippen molar-refractivity contribution in [3.63, 3.8) is 0 Å². The Bertz CT molecular complexity index is 1890. The lowest BCUT2D eigenvalue weighted by molar-refractivity contribution is -0.131. The van der Waals surface area contributed by atoms with Crippen LogP contribution in [0.1, 0.15) is 51.8 Å². The summed E-state index contributed by atoms with van der Waals surface area (Å²) in [4.78, 5) is 53.7. The molecular formula is C32H28FN3O6. The molecule has 214 valence electrons. The van der Waals surface area contributed by atoms with Crippen LogP contribution in [0.5, 0.6) is 0 Å². The minimum Gasteiger partial charge on any atom is -0.475 e. The van der Waals surface area contributed by atoms with Gasteiger partial charge < -0.3 is 25.1 Å². The molecule has 1 amide bonds. The van der Waals surface area contributed by atoms with Crippen molar-refractivity contribution in [1.29, 1.82) is 0 Å². The lowest BCUT2D eigenvalue weighted by Gasteiger charge is -2.19. The van der Waals surface area contributed by atoms with Gasteiger partial charge in [0.05, 0.1) is 28.6 Å². The third kappa shape index (κ3) is 5.19. The van der Waals surface area contributed by atoms with Gasteiger partial charge in [0.1, 0.15) is 17.2 Å². The number of carboxylic acids is 1. The zero-order chi connectivity index (χ0) is 30.3. The number of hydrogen-bond donors (Lipinski definition) is 4. The van der Waals surface area contributed by atoms with Gasteiger partial charge in [-0.15, -0.1) is 0 Å². The maximum absolute atomic E-state index is 13.7. The van der Waals surface area contributed by atoms with Crippen molar-refractivity contribution in [2.45, 2.75) is 26.3 Å². The molecule has 5 aromatic rings. The van der Waals surface area contributed by atoms with Crippen molar-refractivity contribution < 1.29 is 33.1 Å². The molecule has 2 heterocycles. The Kier molecular flexibility index (Phi) is 7.26. The van der Waals surface area contributed by atoms with E-state index in [1.165, 1.54) is 37.5 Å². The van der Waals surface area contributed by atoms with Gasteiger partial charge >= 0.3 is 5.97 Å². The monoisotopic (exact) mass is 569 g/mol. The summed E-state index contributed by atoms with van der Waals surface area (Å²) in [5.74, 6) is -3.83. The second-order valence-electron chi connectivity index (χ2n) is 10.9. The second kappa shape index (κ2) is 10.7. The van der Waals surface area contributed by atoms with E-state index in [2.05, 4.69) is 15.6 Å². The minimum atomic E-state index is -1.66. The number of ketones is 2. The quantitative estimate of drug-likeness (QED) is 0.141. The predicted octanol–water partition coefficient (Wildman–Crippen LogP) is 5.58. The molecule has 10 heteroatoms. The highest BCUT2D eigenvalue weighted by Gasteiger charge is 2.29. The molecule has 0 fully saturated rings. The first-order valence-electron chi connectivity index (χ1n) is 13.1. The molecule has 4 N–H and O–H groups in total. The van der Waals surface area contributed by atoms with E-state index < -0.39 is 23.5 Å². The number of benzene rings is 3. The van der Waals surface area contributed by atoms with Crippen LogP contribution < -0.4 is 10.6 Å². The number of halogens is 1. The topological polar surface area (TPSA) is 141 Å². The number of aliphatic carboxylic acids is 1. The molecule has 2 aromatic heterocycles. The first-order valence-corrected chi connectivity index (χ1v) is 13.1. The Balaban J connectivity index is 1.81. The standard InChI is InChI=1S/C32H28FN3O6/c1-32(2,3)36-15-23(37)18-7-5-6-17(12-18)20-13-21-25(30(39)34-4)28(16-8-10-19(33)11-9-16)42-29(21)24-22(14-35-26(20)24)27(38)31(40)41/h5-14,35-36H,15H2,1-4H3,(H,34,39)(H,40,41). The summed E-state index contributed by atoms with van der Waals surface area (Å²) in [7, 11) is 1.45. The number of furan rings is 1. The van der Waals surface area contributed by atoms with Crippen LogP contribution in [0.15, 0.2) is 65.2 Å². The lowest BCUT2D eigenvalue weighted by Crippen LogP contribution is -2.39. The second-order valence-corrected chi connectivity index (χ2v) is 10.9. The van der Waals surface area contributed by atoms with E-state index in [-0.39, 0.29) is 45.7 Å². The molecule has 9 nitrogen and oxygen atoms in total. The molecule has 0 spiro atoms. The normalized spacial score (nSPS) is 11.6. The first kappa shape index (κ1) is 28.4. The van der Waals surface area contributed by atoms with Gasteiger partial charge in [-0.1, -0.05) is 18.2 Å². The molecule has 0 saturated carbocycles. The number of H-pyrrole nitrogens is 1. The molecule has 0 aliphatic heterocycles. The fraction of sp³-hybridized carbons (Fsp3) is 0.188. The molecule has 0 bridgehead atoms. The van der Waals surface area contributed by atoms with Gasteiger partial charge in [0.2, 0.25) is 0 Å². The minimum absolute atomic E-state index is 0.110. The number of amides is 1. The maximum atomic E-state index is 13.7. The Morgan fingerprint density at radius 1 is 1.00 bits per heavy atom. The highest BCUT2D eigenvalue weighted by molar-refractivity contribution is 6.43. The number of carbonyl (C=O) groups is 4. The molecule has 5 rings (SSSR count). The van der Waals surface area contributed by atoms with Gasteiger partial charge in [-0.05, 0) is 62.7 Å². The molecule has 3 aromatic carbocycles. The maximum Gasteiger partial charge on any atom is 0.377 e. The van der Waals surface area contributed by atoms with Crippen LogP contribution >= 0.6 is 0 Å². The van der Waals surface area contributed by atoms with Gasteiger partial charge in [-0.3, -0.25) is 14.4 Å². The number of aromatic nitrogens is 1.